The third-order valence-corrected chi connectivity index (χ3v) is 2.61. The molecule has 16 heavy (non-hydrogen) atoms. The summed E-state index contributed by atoms with van der Waals surface area (Å²) in [6, 6.07) is 7.90. The van der Waals surface area contributed by atoms with Crippen LogP contribution in [0, 0.1) is 0 Å². The molecule has 1 atom stereocenters. The Hall–Kier alpha value is -1.06. The predicted octanol–water partition coefficient (Wildman–Crippen LogP) is 2.02. The molecule has 1 aliphatic rings. The SMILES string of the molecule is CC(N)c1ccc(C(=O)NC2CC2)cc1.Cl. The average molecular weight is 241 g/mol. The molecule has 4 heteroatoms. The van der Waals surface area contributed by atoms with Crippen LogP contribution in [0.1, 0.15) is 41.7 Å². The number of nitrogens with two attached hydrogens (primary N) is 1. The van der Waals surface area contributed by atoms with Crippen molar-refractivity contribution in [3.05, 3.63) is 35.4 Å². The summed E-state index contributed by atoms with van der Waals surface area (Å²) >= 11 is 0. The van der Waals surface area contributed by atoms with Gasteiger partial charge in [-0.25, -0.2) is 0 Å². The standard InChI is InChI=1S/C12H16N2O.ClH/c1-8(13)9-2-4-10(5-3-9)12(15)14-11-6-7-11;/h2-5,8,11H,6-7,13H2,1H3,(H,14,15);1H. The van der Waals surface area contributed by atoms with E-state index in [0.29, 0.717) is 11.6 Å². The van der Waals surface area contributed by atoms with Gasteiger partial charge in [0.15, 0.2) is 0 Å². The fourth-order valence-corrected chi connectivity index (χ4v) is 1.43. The van der Waals surface area contributed by atoms with Gasteiger partial charge in [0.25, 0.3) is 5.91 Å². The number of carbonyl (C=O) groups is 1. The maximum absolute atomic E-state index is 11.6. The van der Waals surface area contributed by atoms with Crippen LogP contribution in [0.3, 0.4) is 0 Å². The summed E-state index contributed by atoms with van der Waals surface area (Å²) in [5.41, 5.74) is 7.50. The highest BCUT2D eigenvalue weighted by atomic mass is 35.5. The number of amides is 1. The summed E-state index contributed by atoms with van der Waals surface area (Å²) in [7, 11) is 0. The zero-order valence-electron chi connectivity index (χ0n) is 9.27. The second-order valence-electron chi connectivity index (χ2n) is 4.16. The molecule has 88 valence electrons. The molecule has 0 aromatic heterocycles. The molecule has 1 aliphatic carbocycles. The molecule has 3 N–H and O–H groups in total. The largest absolute Gasteiger partial charge is 0.349 e. The quantitative estimate of drug-likeness (QED) is 0.849. The van der Waals surface area contributed by atoms with Crippen molar-refractivity contribution in [2.45, 2.75) is 31.8 Å². The highest BCUT2D eigenvalue weighted by Gasteiger charge is 2.23. The molecule has 0 spiro atoms. The van der Waals surface area contributed by atoms with Crippen molar-refractivity contribution in [2.75, 3.05) is 0 Å². The number of halogens is 1. The Labute approximate surface area is 102 Å². The lowest BCUT2D eigenvalue weighted by Gasteiger charge is -2.07. The molecule has 0 aliphatic heterocycles. The van der Waals surface area contributed by atoms with Gasteiger partial charge in [0.05, 0.1) is 0 Å². The lowest BCUT2D eigenvalue weighted by Crippen LogP contribution is -2.25. The third-order valence-electron chi connectivity index (χ3n) is 2.61. The van der Waals surface area contributed by atoms with E-state index in [4.69, 9.17) is 5.73 Å². The first-order valence-electron chi connectivity index (χ1n) is 5.33. The molecule has 1 fully saturated rings. The Morgan fingerprint density at radius 2 is 1.94 bits per heavy atom. The van der Waals surface area contributed by atoms with E-state index in [0.717, 1.165) is 18.4 Å². The van der Waals surface area contributed by atoms with Gasteiger partial charge in [-0.05, 0) is 37.5 Å². The third kappa shape index (κ3) is 3.22. The van der Waals surface area contributed by atoms with Crippen LogP contribution in [0.5, 0.6) is 0 Å². The van der Waals surface area contributed by atoms with Gasteiger partial charge < -0.3 is 11.1 Å². The molecule has 1 saturated carbocycles. The van der Waals surface area contributed by atoms with Gasteiger partial charge in [0, 0.05) is 17.6 Å². The molecule has 1 amide bonds. The molecule has 0 radical (unpaired) electrons. The minimum absolute atomic E-state index is 0. The van der Waals surface area contributed by atoms with Gasteiger partial charge in [-0.15, -0.1) is 12.4 Å². The van der Waals surface area contributed by atoms with Crippen LogP contribution in [0.2, 0.25) is 0 Å². The summed E-state index contributed by atoms with van der Waals surface area (Å²) in [6.07, 6.45) is 2.23. The van der Waals surface area contributed by atoms with E-state index in [-0.39, 0.29) is 24.4 Å². The molecule has 0 heterocycles. The Morgan fingerprint density at radius 3 is 2.38 bits per heavy atom. The second-order valence-corrected chi connectivity index (χ2v) is 4.16. The van der Waals surface area contributed by atoms with Gasteiger partial charge in [0.2, 0.25) is 0 Å². The van der Waals surface area contributed by atoms with E-state index in [1.165, 1.54) is 0 Å². The van der Waals surface area contributed by atoms with Crippen molar-refractivity contribution in [3.8, 4) is 0 Å². The van der Waals surface area contributed by atoms with Crippen LogP contribution in [0.25, 0.3) is 0 Å². The molecular formula is C12H17ClN2O. The van der Waals surface area contributed by atoms with Crippen LogP contribution in [0.15, 0.2) is 24.3 Å². The Bertz CT molecular complexity index is 358. The van der Waals surface area contributed by atoms with Crippen molar-refractivity contribution in [2.24, 2.45) is 5.73 Å². The molecule has 3 nitrogen and oxygen atoms in total. The highest BCUT2D eigenvalue weighted by molar-refractivity contribution is 5.94. The minimum atomic E-state index is 0. The van der Waals surface area contributed by atoms with Crippen molar-refractivity contribution < 1.29 is 4.79 Å². The lowest BCUT2D eigenvalue weighted by atomic mass is 10.1. The fourth-order valence-electron chi connectivity index (χ4n) is 1.43. The topological polar surface area (TPSA) is 55.1 Å². The molecule has 1 aromatic rings. The van der Waals surface area contributed by atoms with E-state index in [2.05, 4.69) is 5.32 Å². The monoisotopic (exact) mass is 240 g/mol. The summed E-state index contributed by atoms with van der Waals surface area (Å²) < 4.78 is 0. The van der Waals surface area contributed by atoms with Crippen molar-refractivity contribution in [1.82, 2.24) is 5.32 Å². The minimum Gasteiger partial charge on any atom is -0.349 e. The molecule has 2 rings (SSSR count). The first-order valence-corrected chi connectivity index (χ1v) is 5.33. The summed E-state index contributed by atoms with van der Waals surface area (Å²) in [5, 5.41) is 2.95. The first-order chi connectivity index (χ1) is 7.16. The van der Waals surface area contributed by atoms with Crippen LogP contribution < -0.4 is 11.1 Å². The molecular weight excluding hydrogens is 224 g/mol. The molecule has 0 saturated heterocycles. The number of hydrogen-bond acceptors (Lipinski definition) is 2. The Morgan fingerprint density at radius 1 is 1.38 bits per heavy atom. The van der Waals surface area contributed by atoms with Gasteiger partial charge in [-0.2, -0.15) is 0 Å². The van der Waals surface area contributed by atoms with Gasteiger partial charge in [0.1, 0.15) is 0 Å². The smallest absolute Gasteiger partial charge is 0.251 e. The lowest BCUT2D eigenvalue weighted by molar-refractivity contribution is 0.0951. The number of benzene rings is 1. The number of nitrogens with one attached hydrogen (secondary N) is 1. The van der Waals surface area contributed by atoms with E-state index in [1.54, 1.807) is 0 Å². The number of carbonyl (C=O) groups excluding carboxylic acids is 1. The van der Waals surface area contributed by atoms with E-state index >= 15 is 0 Å². The van der Waals surface area contributed by atoms with E-state index < -0.39 is 0 Å². The Kier molecular flexibility index (Phi) is 4.33. The first kappa shape index (κ1) is 13.0. The van der Waals surface area contributed by atoms with E-state index in [9.17, 15) is 4.79 Å². The average Bonchev–Trinajstić information content (AvgIpc) is 3.02. The highest BCUT2D eigenvalue weighted by Crippen LogP contribution is 2.19. The molecule has 0 bridgehead atoms. The Balaban J connectivity index is 0.00000128. The predicted molar refractivity (Wildman–Crippen MR) is 66.8 cm³/mol. The van der Waals surface area contributed by atoms with Crippen LogP contribution >= 0.6 is 12.4 Å². The van der Waals surface area contributed by atoms with E-state index in [1.807, 2.05) is 31.2 Å². The number of rotatable bonds is 3. The van der Waals surface area contributed by atoms with Crippen LogP contribution in [-0.2, 0) is 0 Å². The number of hydrogen-bond donors (Lipinski definition) is 2. The zero-order chi connectivity index (χ0) is 10.8. The zero-order valence-corrected chi connectivity index (χ0v) is 10.1. The van der Waals surface area contributed by atoms with Crippen LogP contribution in [-0.4, -0.2) is 11.9 Å². The summed E-state index contributed by atoms with van der Waals surface area (Å²) in [5.74, 6) is 0.0220. The van der Waals surface area contributed by atoms with Crippen molar-refractivity contribution in [3.63, 3.8) is 0 Å². The normalized spacial score (nSPS) is 16.1. The van der Waals surface area contributed by atoms with Crippen molar-refractivity contribution >= 4 is 18.3 Å². The van der Waals surface area contributed by atoms with Crippen LogP contribution in [0.4, 0.5) is 0 Å². The fraction of sp³-hybridized carbons (Fsp3) is 0.417. The molecule has 1 aromatic carbocycles. The summed E-state index contributed by atoms with van der Waals surface area (Å²) in [6.45, 7) is 1.93. The van der Waals surface area contributed by atoms with Gasteiger partial charge >= 0.3 is 0 Å². The van der Waals surface area contributed by atoms with Crippen molar-refractivity contribution in [1.29, 1.82) is 0 Å². The second kappa shape index (κ2) is 5.32. The van der Waals surface area contributed by atoms with Gasteiger partial charge in [-0.3, -0.25) is 4.79 Å². The maximum atomic E-state index is 11.6. The summed E-state index contributed by atoms with van der Waals surface area (Å²) in [4.78, 5) is 11.6. The maximum Gasteiger partial charge on any atom is 0.251 e. The van der Waals surface area contributed by atoms with Gasteiger partial charge in [-0.1, -0.05) is 12.1 Å². The molecule has 1 unspecified atom stereocenters.